The highest BCUT2D eigenvalue weighted by Gasteiger charge is 1.98. The van der Waals surface area contributed by atoms with Crippen LogP contribution in [0.3, 0.4) is 0 Å². The molecule has 78 valence electrons. The third-order valence-corrected chi connectivity index (χ3v) is 1.76. The minimum atomic E-state index is 0.00128. The highest BCUT2D eigenvalue weighted by molar-refractivity contribution is 5.94. The monoisotopic (exact) mass is 203 g/mol. The number of terminal acetylenes is 1. The predicted octanol–water partition coefficient (Wildman–Crippen LogP) is 1.16. The van der Waals surface area contributed by atoms with E-state index in [9.17, 15) is 0 Å². The average molecular weight is 203 g/mol. The summed E-state index contributed by atoms with van der Waals surface area (Å²) in [5.74, 6) is 3.06. The van der Waals surface area contributed by atoms with Crippen molar-refractivity contribution in [3.05, 3.63) is 23.9 Å². The van der Waals surface area contributed by atoms with Crippen LogP contribution >= 0.6 is 0 Å². The number of hydrogen-bond acceptors (Lipinski definition) is 3. The number of rotatable bonds is 5. The minimum Gasteiger partial charge on any atom is -0.478 e. The van der Waals surface area contributed by atoms with Crippen LogP contribution in [0.4, 0.5) is 0 Å². The lowest BCUT2D eigenvalue weighted by Gasteiger charge is -2.04. The molecule has 4 nitrogen and oxygen atoms in total. The molecule has 0 unspecified atom stereocenters. The summed E-state index contributed by atoms with van der Waals surface area (Å²) in [4.78, 5) is 4.00. The molecular weight excluding hydrogens is 190 g/mol. The lowest BCUT2D eigenvalue weighted by molar-refractivity contribution is 0.301. The SMILES string of the molecule is C#CCCCOc1ccc(C(=N)N)cn1. The van der Waals surface area contributed by atoms with Crippen molar-refractivity contribution in [3.8, 4) is 18.2 Å². The second-order valence-corrected chi connectivity index (χ2v) is 2.95. The number of unbranched alkanes of at least 4 members (excludes halogenated alkanes) is 1. The molecule has 0 aliphatic heterocycles. The molecule has 0 fully saturated rings. The van der Waals surface area contributed by atoms with Crippen molar-refractivity contribution >= 4 is 5.84 Å². The summed E-state index contributed by atoms with van der Waals surface area (Å²) >= 11 is 0. The summed E-state index contributed by atoms with van der Waals surface area (Å²) in [5.41, 5.74) is 5.87. The van der Waals surface area contributed by atoms with Gasteiger partial charge in [-0.25, -0.2) is 4.98 Å². The van der Waals surface area contributed by atoms with Crippen LogP contribution in [-0.4, -0.2) is 17.4 Å². The fourth-order valence-corrected chi connectivity index (χ4v) is 0.976. The Morgan fingerprint density at radius 3 is 2.93 bits per heavy atom. The zero-order valence-electron chi connectivity index (χ0n) is 8.36. The van der Waals surface area contributed by atoms with Gasteiger partial charge in [-0.3, -0.25) is 5.41 Å². The molecule has 0 atom stereocenters. The summed E-state index contributed by atoms with van der Waals surface area (Å²) in [5, 5.41) is 7.17. The van der Waals surface area contributed by atoms with Gasteiger partial charge in [0.2, 0.25) is 5.88 Å². The van der Waals surface area contributed by atoms with Crippen LogP contribution in [0.2, 0.25) is 0 Å². The van der Waals surface area contributed by atoms with Crippen LogP contribution in [0, 0.1) is 17.8 Å². The molecule has 1 aromatic heterocycles. The van der Waals surface area contributed by atoms with Gasteiger partial charge in [-0.1, -0.05) is 0 Å². The fraction of sp³-hybridized carbons (Fsp3) is 0.273. The number of aromatic nitrogens is 1. The maximum atomic E-state index is 7.17. The van der Waals surface area contributed by atoms with Gasteiger partial charge in [0, 0.05) is 24.2 Å². The van der Waals surface area contributed by atoms with E-state index in [1.165, 1.54) is 6.20 Å². The maximum absolute atomic E-state index is 7.17. The van der Waals surface area contributed by atoms with Crippen LogP contribution in [0.15, 0.2) is 18.3 Å². The molecule has 0 amide bonds. The first-order chi connectivity index (χ1) is 7.24. The van der Waals surface area contributed by atoms with Crippen molar-refractivity contribution in [2.24, 2.45) is 5.73 Å². The van der Waals surface area contributed by atoms with Crippen molar-refractivity contribution in [1.29, 1.82) is 5.41 Å². The van der Waals surface area contributed by atoms with E-state index in [1.807, 2.05) is 0 Å². The summed E-state index contributed by atoms with van der Waals surface area (Å²) < 4.78 is 5.32. The molecule has 0 bridgehead atoms. The molecule has 0 aliphatic carbocycles. The van der Waals surface area contributed by atoms with Crippen molar-refractivity contribution in [1.82, 2.24) is 4.98 Å². The van der Waals surface area contributed by atoms with E-state index in [1.54, 1.807) is 12.1 Å². The van der Waals surface area contributed by atoms with Crippen molar-refractivity contribution in [2.75, 3.05) is 6.61 Å². The van der Waals surface area contributed by atoms with E-state index in [0.717, 1.165) is 6.42 Å². The highest BCUT2D eigenvalue weighted by Crippen LogP contribution is 2.07. The number of nitrogen functional groups attached to an aromatic ring is 1. The van der Waals surface area contributed by atoms with Crippen LogP contribution in [0.5, 0.6) is 5.88 Å². The average Bonchev–Trinajstić information content (AvgIpc) is 2.25. The Balaban J connectivity index is 2.43. The molecule has 0 spiro atoms. The molecule has 0 aliphatic rings. The zero-order valence-corrected chi connectivity index (χ0v) is 8.36. The zero-order chi connectivity index (χ0) is 11.1. The van der Waals surface area contributed by atoms with Gasteiger partial charge >= 0.3 is 0 Å². The van der Waals surface area contributed by atoms with Crippen LogP contribution in [0.1, 0.15) is 18.4 Å². The molecule has 0 aromatic carbocycles. The molecule has 1 heterocycles. The molecule has 1 rings (SSSR count). The third kappa shape index (κ3) is 3.69. The van der Waals surface area contributed by atoms with Gasteiger partial charge in [0.1, 0.15) is 5.84 Å². The Kier molecular flexibility index (Phi) is 4.17. The number of amidine groups is 1. The summed E-state index contributed by atoms with van der Waals surface area (Å²) in [6, 6.07) is 3.39. The van der Waals surface area contributed by atoms with Gasteiger partial charge in [0.05, 0.1) is 6.61 Å². The molecule has 0 radical (unpaired) electrons. The Morgan fingerprint density at radius 2 is 2.40 bits per heavy atom. The predicted molar refractivity (Wildman–Crippen MR) is 58.8 cm³/mol. The van der Waals surface area contributed by atoms with Crippen molar-refractivity contribution in [3.63, 3.8) is 0 Å². The van der Waals surface area contributed by atoms with E-state index in [-0.39, 0.29) is 5.84 Å². The quantitative estimate of drug-likeness (QED) is 0.326. The molecule has 0 saturated carbocycles. The van der Waals surface area contributed by atoms with Crippen LogP contribution in [-0.2, 0) is 0 Å². The molecule has 1 aromatic rings. The van der Waals surface area contributed by atoms with Gasteiger partial charge in [0.15, 0.2) is 0 Å². The number of hydrogen-bond donors (Lipinski definition) is 2. The Morgan fingerprint density at radius 1 is 1.60 bits per heavy atom. The van der Waals surface area contributed by atoms with Crippen molar-refractivity contribution in [2.45, 2.75) is 12.8 Å². The first kappa shape index (κ1) is 11.1. The van der Waals surface area contributed by atoms with Gasteiger partial charge in [-0.05, 0) is 12.5 Å². The van der Waals surface area contributed by atoms with E-state index in [2.05, 4.69) is 10.9 Å². The van der Waals surface area contributed by atoms with Gasteiger partial charge in [-0.2, -0.15) is 0 Å². The lowest BCUT2D eigenvalue weighted by atomic mass is 10.3. The second-order valence-electron chi connectivity index (χ2n) is 2.95. The number of nitrogens with one attached hydrogen (secondary N) is 1. The summed E-state index contributed by atoms with van der Waals surface area (Å²) in [6.07, 6.45) is 8.13. The number of nitrogens with two attached hydrogens (primary N) is 1. The van der Waals surface area contributed by atoms with Crippen LogP contribution in [0.25, 0.3) is 0 Å². The van der Waals surface area contributed by atoms with Gasteiger partial charge in [0.25, 0.3) is 0 Å². The third-order valence-electron chi connectivity index (χ3n) is 1.76. The lowest BCUT2D eigenvalue weighted by Crippen LogP contribution is -2.11. The summed E-state index contributed by atoms with van der Waals surface area (Å²) in [7, 11) is 0. The second kappa shape index (κ2) is 5.66. The maximum Gasteiger partial charge on any atom is 0.213 e. The minimum absolute atomic E-state index is 0.00128. The first-order valence-corrected chi connectivity index (χ1v) is 4.60. The van der Waals surface area contributed by atoms with E-state index >= 15 is 0 Å². The molecule has 3 N–H and O–H groups in total. The smallest absolute Gasteiger partial charge is 0.213 e. The van der Waals surface area contributed by atoms with E-state index in [4.69, 9.17) is 22.3 Å². The molecule has 0 saturated heterocycles. The number of pyridine rings is 1. The standard InChI is InChI=1S/C11H13N3O/c1-2-3-4-7-15-10-6-5-9(8-14-10)11(12)13/h1,5-6,8H,3-4,7H2,(H3,12,13). The largest absolute Gasteiger partial charge is 0.478 e. The van der Waals surface area contributed by atoms with Gasteiger partial charge in [-0.15, -0.1) is 12.3 Å². The highest BCUT2D eigenvalue weighted by atomic mass is 16.5. The Hall–Kier alpha value is -2.02. The molecule has 4 heteroatoms. The first-order valence-electron chi connectivity index (χ1n) is 4.60. The summed E-state index contributed by atoms with van der Waals surface area (Å²) in [6.45, 7) is 0.552. The van der Waals surface area contributed by atoms with Crippen molar-refractivity contribution < 1.29 is 4.74 Å². The normalized spacial score (nSPS) is 9.27. The number of ether oxygens (including phenoxy) is 1. The fourth-order valence-electron chi connectivity index (χ4n) is 0.976. The van der Waals surface area contributed by atoms with Crippen LogP contribution < -0.4 is 10.5 Å². The molecule has 15 heavy (non-hydrogen) atoms. The van der Waals surface area contributed by atoms with Gasteiger partial charge < -0.3 is 10.5 Å². The Labute approximate surface area is 89.0 Å². The van der Waals surface area contributed by atoms with E-state index in [0.29, 0.717) is 24.5 Å². The van der Waals surface area contributed by atoms with E-state index < -0.39 is 0 Å². The molecular formula is C11H13N3O. The Bertz CT molecular complexity index is 364. The number of nitrogens with zero attached hydrogens (tertiary/aromatic N) is 1. The topological polar surface area (TPSA) is 72.0 Å².